The van der Waals surface area contributed by atoms with Crippen LogP contribution in [-0.2, 0) is 4.74 Å². The lowest BCUT2D eigenvalue weighted by molar-refractivity contribution is 0.0484. The number of aliphatic hydroxyl groups excluding tert-OH is 1. The van der Waals surface area contributed by atoms with E-state index < -0.39 is 0 Å². The molecule has 1 aliphatic heterocycles. The van der Waals surface area contributed by atoms with Gasteiger partial charge in [0.1, 0.15) is 0 Å². The summed E-state index contributed by atoms with van der Waals surface area (Å²) in [6.07, 6.45) is 16.1. The third kappa shape index (κ3) is 6.26. The SMILES string of the molecule is C=C([C@H]1CC=C(c2cc(C3CCC(O)CC3)n3nc(N[C@@H](C)CCCCC)ncc23)CC1)N1CCOCC1. The Hall–Kier alpha value is -2.38. The molecule has 0 unspecified atom stereocenters. The average molecular weight is 522 g/mol. The Kier molecular flexibility index (Phi) is 9.05. The van der Waals surface area contributed by atoms with Crippen LogP contribution in [0.2, 0.25) is 0 Å². The number of allylic oxidation sites excluding steroid dienone is 3. The summed E-state index contributed by atoms with van der Waals surface area (Å²) in [6, 6.07) is 2.73. The van der Waals surface area contributed by atoms with Gasteiger partial charge in [0.2, 0.25) is 5.95 Å². The summed E-state index contributed by atoms with van der Waals surface area (Å²) in [5.41, 5.74) is 6.34. The first-order chi connectivity index (χ1) is 18.5. The van der Waals surface area contributed by atoms with Crippen molar-refractivity contribution in [2.75, 3.05) is 31.6 Å². The van der Waals surface area contributed by atoms with E-state index in [1.165, 1.54) is 41.8 Å². The highest BCUT2D eigenvalue weighted by atomic mass is 16.5. The first-order valence-corrected chi connectivity index (χ1v) is 15.1. The zero-order chi connectivity index (χ0) is 26.5. The first kappa shape index (κ1) is 27.2. The molecule has 1 saturated carbocycles. The normalized spacial score (nSPS) is 25.3. The molecule has 2 aromatic heterocycles. The van der Waals surface area contributed by atoms with E-state index in [2.05, 4.69) is 47.3 Å². The topological polar surface area (TPSA) is 74.9 Å². The molecule has 7 nitrogen and oxygen atoms in total. The Morgan fingerprint density at radius 2 is 1.97 bits per heavy atom. The van der Waals surface area contributed by atoms with Crippen molar-refractivity contribution in [3.8, 4) is 0 Å². The number of nitrogens with zero attached hydrogens (tertiary/aromatic N) is 4. The van der Waals surface area contributed by atoms with Gasteiger partial charge in [-0.1, -0.05) is 38.8 Å². The van der Waals surface area contributed by atoms with Crippen LogP contribution in [0.4, 0.5) is 5.95 Å². The van der Waals surface area contributed by atoms with E-state index in [-0.39, 0.29) is 6.10 Å². The summed E-state index contributed by atoms with van der Waals surface area (Å²) in [5.74, 6) is 1.63. The van der Waals surface area contributed by atoms with E-state index in [0.717, 1.165) is 83.2 Å². The lowest BCUT2D eigenvalue weighted by Gasteiger charge is -2.35. The van der Waals surface area contributed by atoms with Crippen molar-refractivity contribution in [3.05, 3.63) is 41.9 Å². The summed E-state index contributed by atoms with van der Waals surface area (Å²) >= 11 is 0. The molecule has 1 saturated heterocycles. The van der Waals surface area contributed by atoms with Gasteiger partial charge in [-0.05, 0) is 69.9 Å². The van der Waals surface area contributed by atoms with Gasteiger partial charge in [-0.15, -0.1) is 5.10 Å². The molecule has 3 aliphatic rings. The predicted molar refractivity (Wildman–Crippen MR) is 154 cm³/mol. The van der Waals surface area contributed by atoms with Gasteiger partial charge < -0.3 is 20.1 Å². The molecular formula is C31H47N5O2. The largest absolute Gasteiger partial charge is 0.393 e. The smallest absolute Gasteiger partial charge is 0.241 e. The summed E-state index contributed by atoms with van der Waals surface area (Å²) in [4.78, 5) is 7.18. The average Bonchev–Trinajstić information content (AvgIpc) is 3.32. The number of aliphatic hydroxyl groups is 1. The molecule has 208 valence electrons. The maximum atomic E-state index is 10.1. The lowest BCUT2D eigenvalue weighted by Crippen LogP contribution is -2.37. The molecule has 2 fully saturated rings. The number of aromatic nitrogens is 3. The number of rotatable bonds is 10. The van der Waals surface area contributed by atoms with Gasteiger partial charge in [-0.25, -0.2) is 9.50 Å². The van der Waals surface area contributed by atoms with Crippen molar-refractivity contribution in [1.82, 2.24) is 19.5 Å². The van der Waals surface area contributed by atoms with Crippen molar-refractivity contribution in [1.29, 1.82) is 0 Å². The van der Waals surface area contributed by atoms with Crippen molar-refractivity contribution in [2.24, 2.45) is 5.92 Å². The van der Waals surface area contributed by atoms with Crippen LogP contribution in [0, 0.1) is 5.92 Å². The number of hydrogen-bond donors (Lipinski definition) is 2. The fourth-order valence-corrected chi connectivity index (χ4v) is 6.48. The summed E-state index contributed by atoms with van der Waals surface area (Å²) in [7, 11) is 0. The van der Waals surface area contributed by atoms with E-state index in [9.17, 15) is 5.11 Å². The number of anilines is 1. The molecule has 2 atom stereocenters. The standard InChI is InChI=1S/C31H47N5O2/c1-4-5-6-7-22(2)33-31-32-21-30-28(20-29(36(30)34-31)26-12-14-27(37)15-13-26)25-10-8-24(9-11-25)23(3)35-16-18-38-19-17-35/h10,20-22,24,26-27,37H,3-9,11-19H2,1-2H3,(H,33,34)/t22-,24-,26?,27?/m0/s1. The molecule has 0 bridgehead atoms. The van der Waals surface area contributed by atoms with Gasteiger partial charge in [0.15, 0.2) is 0 Å². The highest BCUT2D eigenvalue weighted by Gasteiger charge is 2.28. The Morgan fingerprint density at radius 3 is 2.68 bits per heavy atom. The van der Waals surface area contributed by atoms with E-state index in [0.29, 0.717) is 23.8 Å². The molecule has 3 heterocycles. The number of nitrogens with one attached hydrogen (secondary N) is 1. The minimum Gasteiger partial charge on any atom is -0.393 e. The van der Waals surface area contributed by atoms with E-state index in [1.54, 1.807) is 0 Å². The van der Waals surface area contributed by atoms with Gasteiger partial charge >= 0.3 is 0 Å². The Morgan fingerprint density at radius 1 is 1.18 bits per heavy atom. The molecule has 2 aromatic rings. The quantitative estimate of drug-likeness (QED) is 0.365. The van der Waals surface area contributed by atoms with E-state index in [1.807, 2.05) is 6.20 Å². The minimum absolute atomic E-state index is 0.162. The summed E-state index contributed by atoms with van der Waals surface area (Å²) in [6.45, 7) is 12.5. The third-order valence-corrected chi connectivity index (χ3v) is 8.92. The second-order valence-corrected chi connectivity index (χ2v) is 11.7. The summed E-state index contributed by atoms with van der Waals surface area (Å²) in [5, 5.41) is 18.7. The number of ether oxygens (including phenoxy) is 1. The number of morpholine rings is 1. The second-order valence-electron chi connectivity index (χ2n) is 11.7. The van der Waals surface area contributed by atoms with Gasteiger partial charge in [0.25, 0.3) is 0 Å². The van der Waals surface area contributed by atoms with Crippen molar-refractivity contribution in [3.63, 3.8) is 0 Å². The molecule has 2 N–H and O–H groups in total. The molecule has 2 aliphatic carbocycles. The zero-order valence-corrected chi connectivity index (χ0v) is 23.5. The molecule has 7 heteroatoms. The van der Waals surface area contributed by atoms with Crippen LogP contribution in [0.1, 0.15) is 102 Å². The summed E-state index contributed by atoms with van der Waals surface area (Å²) < 4.78 is 7.69. The third-order valence-electron chi connectivity index (χ3n) is 8.92. The molecular weight excluding hydrogens is 474 g/mol. The molecule has 38 heavy (non-hydrogen) atoms. The molecule has 0 spiro atoms. The first-order valence-electron chi connectivity index (χ1n) is 15.1. The Bertz CT molecular complexity index is 1110. The fraction of sp³-hybridized carbons (Fsp3) is 0.677. The number of unbranched alkanes of at least 4 members (excludes halogenated alkanes) is 2. The zero-order valence-electron chi connectivity index (χ0n) is 23.5. The van der Waals surface area contributed by atoms with Crippen LogP contribution >= 0.6 is 0 Å². The lowest BCUT2D eigenvalue weighted by atomic mass is 9.83. The van der Waals surface area contributed by atoms with Crippen LogP contribution in [0.15, 0.2) is 30.6 Å². The van der Waals surface area contributed by atoms with Crippen LogP contribution < -0.4 is 5.32 Å². The van der Waals surface area contributed by atoms with Crippen LogP contribution in [0.5, 0.6) is 0 Å². The van der Waals surface area contributed by atoms with Crippen molar-refractivity contribution < 1.29 is 9.84 Å². The number of fused-ring (bicyclic) bond motifs is 1. The van der Waals surface area contributed by atoms with Crippen LogP contribution in [0.3, 0.4) is 0 Å². The Balaban J connectivity index is 1.38. The van der Waals surface area contributed by atoms with Crippen molar-refractivity contribution in [2.45, 2.75) is 103 Å². The highest BCUT2D eigenvalue weighted by Crippen LogP contribution is 2.40. The molecule has 0 amide bonds. The van der Waals surface area contributed by atoms with E-state index in [4.69, 9.17) is 14.8 Å². The predicted octanol–water partition coefficient (Wildman–Crippen LogP) is 6.16. The monoisotopic (exact) mass is 521 g/mol. The minimum atomic E-state index is -0.162. The molecule has 0 aromatic carbocycles. The fourth-order valence-electron chi connectivity index (χ4n) is 6.48. The van der Waals surface area contributed by atoms with Crippen LogP contribution in [-0.4, -0.2) is 63.1 Å². The van der Waals surface area contributed by atoms with E-state index >= 15 is 0 Å². The van der Waals surface area contributed by atoms with Gasteiger partial charge in [0.05, 0.1) is 31.0 Å². The Labute approximate surface area is 228 Å². The van der Waals surface area contributed by atoms with Crippen molar-refractivity contribution >= 4 is 17.0 Å². The van der Waals surface area contributed by atoms with Crippen LogP contribution in [0.25, 0.3) is 11.1 Å². The van der Waals surface area contributed by atoms with Gasteiger partial charge in [0, 0.05) is 47.9 Å². The maximum Gasteiger partial charge on any atom is 0.241 e. The highest BCUT2D eigenvalue weighted by molar-refractivity contribution is 5.80. The van der Waals surface area contributed by atoms with Gasteiger partial charge in [-0.3, -0.25) is 0 Å². The number of hydrogen-bond acceptors (Lipinski definition) is 6. The van der Waals surface area contributed by atoms with Gasteiger partial charge in [-0.2, -0.15) is 0 Å². The maximum absolute atomic E-state index is 10.1. The second kappa shape index (κ2) is 12.6. The molecule has 0 radical (unpaired) electrons. The molecule has 5 rings (SSSR count).